The maximum atomic E-state index is 12.5. The molecular weight excluding hydrogens is 434 g/mol. The molecule has 2 N–H and O–H groups in total. The number of rotatable bonds is 9. The van der Waals surface area contributed by atoms with Crippen LogP contribution in [0.2, 0.25) is 0 Å². The lowest BCUT2D eigenvalue weighted by atomic mass is 10.2. The molecule has 0 radical (unpaired) electrons. The first-order valence-corrected chi connectivity index (χ1v) is 10.3. The molecule has 0 aliphatic carbocycles. The van der Waals surface area contributed by atoms with Crippen LogP contribution in [0.15, 0.2) is 41.8 Å². The zero-order chi connectivity index (χ0) is 23.1. The summed E-state index contributed by atoms with van der Waals surface area (Å²) in [5, 5.41) is 7.62. The van der Waals surface area contributed by atoms with Crippen molar-refractivity contribution in [2.24, 2.45) is 0 Å². The van der Waals surface area contributed by atoms with E-state index in [1.807, 2.05) is 0 Å². The van der Waals surface area contributed by atoms with Crippen molar-refractivity contribution in [3.63, 3.8) is 0 Å². The first-order valence-electron chi connectivity index (χ1n) is 9.47. The fourth-order valence-electron chi connectivity index (χ4n) is 2.86. The summed E-state index contributed by atoms with van der Waals surface area (Å²) in [6, 6.07) is 9.98. The van der Waals surface area contributed by atoms with E-state index in [4.69, 9.17) is 18.9 Å². The Bertz CT molecular complexity index is 1110. The Kier molecular flexibility index (Phi) is 7.50. The molecule has 9 nitrogen and oxygen atoms in total. The highest BCUT2D eigenvalue weighted by molar-refractivity contribution is 7.14. The molecule has 0 unspecified atom stereocenters. The summed E-state index contributed by atoms with van der Waals surface area (Å²) < 4.78 is 20.9. The number of anilines is 2. The number of aromatic nitrogens is 1. The Morgan fingerprint density at radius 1 is 0.875 bits per heavy atom. The van der Waals surface area contributed by atoms with E-state index in [2.05, 4.69) is 15.6 Å². The van der Waals surface area contributed by atoms with Crippen molar-refractivity contribution in [1.29, 1.82) is 0 Å². The van der Waals surface area contributed by atoms with E-state index in [0.29, 0.717) is 45.1 Å². The zero-order valence-electron chi connectivity index (χ0n) is 18.1. The number of thiazole rings is 1. The Hall–Kier alpha value is -3.79. The SMILES string of the molecule is COc1ccc(OC)c(NC(=O)Cc2csc(NC(=O)c3ccc(OC)c(OC)c3)n2)c1. The predicted octanol–water partition coefficient (Wildman–Crippen LogP) is 3.61. The van der Waals surface area contributed by atoms with Crippen molar-refractivity contribution < 1.29 is 28.5 Å². The highest BCUT2D eigenvalue weighted by atomic mass is 32.1. The van der Waals surface area contributed by atoms with Crippen LogP contribution in [0.25, 0.3) is 0 Å². The van der Waals surface area contributed by atoms with Gasteiger partial charge in [0.15, 0.2) is 16.6 Å². The number of nitrogens with one attached hydrogen (secondary N) is 2. The molecule has 0 saturated heterocycles. The van der Waals surface area contributed by atoms with Crippen molar-refractivity contribution >= 4 is 34.0 Å². The molecule has 32 heavy (non-hydrogen) atoms. The molecule has 0 atom stereocenters. The lowest BCUT2D eigenvalue weighted by Crippen LogP contribution is -2.16. The molecule has 3 aromatic rings. The quantitative estimate of drug-likeness (QED) is 0.505. The Balaban J connectivity index is 1.64. The number of ether oxygens (including phenoxy) is 4. The molecule has 1 heterocycles. The third kappa shape index (κ3) is 5.46. The maximum Gasteiger partial charge on any atom is 0.257 e. The number of methoxy groups -OCH3 is 4. The second-order valence-electron chi connectivity index (χ2n) is 6.46. The van der Waals surface area contributed by atoms with Gasteiger partial charge < -0.3 is 24.3 Å². The molecule has 3 rings (SSSR count). The monoisotopic (exact) mass is 457 g/mol. The standard InChI is InChI=1S/C22H23N3O6S/c1-28-15-6-8-17(29-2)16(11-15)24-20(26)10-14-12-32-22(23-14)25-21(27)13-5-7-18(30-3)19(9-13)31-4/h5-9,11-12H,10H2,1-4H3,(H,24,26)(H,23,25,27). The smallest absolute Gasteiger partial charge is 0.257 e. The summed E-state index contributed by atoms with van der Waals surface area (Å²) in [6.45, 7) is 0. The summed E-state index contributed by atoms with van der Waals surface area (Å²) in [6.07, 6.45) is 0.0308. The van der Waals surface area contributed by atoms with Crippen molar-refractivity contribution in [2.45, 2.75) is 6.42 Å². The van der Waals surface area contributed by atoms with Crippen LogP contribution in [0.3, 0.4) is 0 Å². The maximum absolute atomic E-state index is 12.5. The minimum absolute atomic E-state index is 0.0308. The van der Waals surface area contributed by atoms with Gasteiger partial charge in [0.25, 0.3) is 5.91 Å². The van der Waals surface area contributed by atoms with Gasteiger partial charge in [-0.15, -0.1) is 11.3 Å². The molecule has 1 aromatic heterocycles. The molecule has 0 fully saturated rings. The van der Waals surface area contributed by atoms with E-state index in [-0.39, 0.29) is 18.2 Å². The lowest BCUT2D eigenvalue weighted by Gasteiger charge is -2.11. The van der Waals surface area contributed by atoms with Crippen LogP contribution < -0.4 is 29.6 Å². The van der Waals surface area contributed by atoms with Crippen molar-refractivity contribution in [1.82, 2.24) is 4.98 Å². The normalized spacial score (nSPS) is 10.2. The largest absolute Gasteiger partial charge is 0.497 e. The zero-order valence-corrected chi connectivity index (χ0v) is 18.9. The van der Waals surface area contributed by atoms with Gasteiger partial charge in [0, 0.05) is 17.0 Å². The number of benzene rings is 2. The number of carbonyl (C=O) groups is 2. The molecule has 0 bridgehead atoms. The van der Waals surface area contributed by atoms with Crippen LogP contribution in [-0.2, 0) is 11.2 Å². The minimum Gasteiger partial charge on any atom is -0.497 e. The molecule has 0 saturated carbocycles. The number of amides is 2. The minimum atomic E-state index is -0.350. The molecule has 2 amide bonds. The summed E-state index contributed by atoms with van der Waals surface area (Å²) >= 11 is 1.23. The van der Waals surface area contributed by atoms with Gasteiger partial charge in [-0.2, -0.15) is 0 Å². The third-order valence-corrected chi connectivity index (χ3v) is 5.25. The van der Waals surface area contributed by atoms with E-state index in [1.165, 1.54) is 32.7 Å². The Morgan fingerprint density at radius 2 is 1.59 bits per heavy atom. The first kappa shape index (κ1) is 22.9. The summed E-state index contributed by atoms with van der Waals surface area (Å²) in [4.78, 5) is 29.3. The van der Waals surface area contributed by atoms with Crippen LogP contribution in [0.1, 0.15) is 16.1 Å². The van der Waals surface area contributed by atoms with Crippen LogP contribution in [0.4, 0.5) is 10.8 Å². The molecule has 10 heteroatoms. The fourth-order valence-corrected chi connectivity index (χ4v) is 3.57. The number of nitrogens with zero attached hydrogens (tertiary/aromatic N) is 1. The van der Waals surface area contributed by atoms with Crippen molar-refractivity contribution in [2.75, 3.05) is 39.1 Å². The van der Waals surface area contributed by atoms with Gasteiger partial charge in [-0.1, -0.05) is 0 Å². The summed E-state index contributed by atoms with van der Waals surface area (Å²) in [5.74, 6) is 1.45. The molecule has 0 aliphatic heterocycles. The first-order chi connectivity index (χ1) is 15.5. The summed E-state index contributed by atoms with van der Waals surface area (Å²) in [7, 11) is 6.08. The van der Waals surface area contributed by atoms with Gasteiger partial charge >= 0.3 is 0 Å². The summed E-state index contributed by atoms with van der Waals surface area (Å²) in [5.41, 5.74) is 1.41. The number of hydrogen-bond donors (Lipinski definition) is 2. The van der Waals surface area contributed by atoms with E-state index < -0.39 is 0 Å². The number of hydrogen-bond acceptors (Lipinski definition) is 8. The van der Waals surface area contributed by atoms with Crippen LogP contribution >= 0.6 is 11.3 Å². The van der Waals surface area contributed by atoms with Crippen LogP contribution in [0, 0.1) is 0 Å². The average Bonchev–Trinajstić information content (AvgIpc) is 3.24. The van der Waals surface area contributed by atoms with Gasteiger partial charge in [0.05, 0.1) is 46.2 Å². The highest BCUT2D eigenvalue weighted by Gasteiger charge is 2.15. The van der Waals surface area contributed by atoms with E-state index in [9.17, 15) is 9.59 Å². The van der Waals surface area contributed by atoms with Crippen LogP contribution in [-0.4, -0.2) is 45.2 Å². The van der Waals surface area contributed by atoms with E-state index >= 15 is 0 Å². The van der Waals surface area contributed by atoms with Crippen LogP contribution in [0.5, 0.6) is 23.0 Å². The average molecular weight is 458 g/mol. The molecule has 168 valence electrons. The Labute approximate surface area is 189 Å². The second kappa shape index (κ2) is 10.5. The van der Waals surface area contributed by atoms with Gasteiger partial charge in [-0.25, -0.2) is 4.98 Å². The van der Waals surface area contributed by atoms with Gasteiger partial charge in [0.2, 0.25) is 5.91 Å². The third-order valence-electron chi connectivity index (χ3n) is 4.44. The van der Waals surface area contributed by atoms with Gasteiger partial charge in [-0.3, -0.25) is 14.9 Å². The fraction of sp³-hybridized carbons (Fsp3) is 0.227. The molecule has 0 spiro atoms. The number of carbonyl (C=O) groups excluding carboxylic acids is 2. The lowest BCUT2D eigenvalue weighted by molar-refractivity contribution is -0.115. The van der Waals surface area contributed by atoms with Gasteiger partial charge in [0.1, 0.15) is 11.5 Å². The molecule has 2 aromatic carbocycles. The second-order valence-corrected chi connectivity index (χ2v) is 7.32. The van der Waals surface area contributed by atoms with Gasteiger partial charge in [-0.05, 0) is 30.3 Å². The Morgan fingerprint density at radius 3 is 2.28 bits per heavy atom. The van der Waals surface area contributed by atoms with Crippen molar-refractivity contribution in [3.8, 4) is 23.0 Å². The topological polar surface area (TPSA) is 108 Å². The van der Waals surface area contributed by atoms with E-state index in [0.717, 1.165) is 0 Å². The van der Waals surface area contributed by atoms with E-state index in [1.54, 1.807) is 48.9 Å². The highest BCUT2D eigenvalue weighted by Crippen LogP contribution is 2.30. The van der Waals surface area contributed by atoms with Crippen molar-refractivity contribution in [3.05, 3.63) is 53.0 Å². The predicted molar refractivity (Wildman–Crippen MR) is 121 cm³/mol. The molecule has 0 aliphatic rings. The molecular formula is C22H23N3O6S.